The number of ether oxygens (including phenoxy) is 4. The molecule has 4 fully saturated rings. The summed E-state index contributed by atoms with van der Waals surface area (Å²) < 4.78 is 201. The molecule has 0 atom stereocenters. The predicted molar refractivity (Wildman–Crippen MR) is 262 cm³/mol. The molecular formula is C52H62F10N4O8S2. The number of sulfonamides is 2. The van der Waals surface area contributed by atoms with E-state index < -0.39 is 58.8 Å². The Morgan fingerprint density at radius 1 is 0.474 bits per heavy atom. The smallest absolute Gasteiger partial charge is 0.422 e. The van der Waals surface area contributed by atoms with Crippen LogP contribution >= 0.6 is 0 Å². The Morgan fingerprint density at radius 2 is 0.868 bits per heavy atom. The molecule has 2 N–H and O–H groups in total. The first-order valence-electron chi connectivity index (χ1n) is 25.2. The van der Waals surface area contributed by atoms with Crippen LogP contribution in [0.15, 0.2) is 107 Å². The Hall–Kier alpha value is -4.88. The summed E-state index contributed by atoms with van der Waals surface area (Å²) in [6.45, 7) is -5.42. The lowest BCUT2D eigenvalue weighted by molar-refractivity contribution is -0.154. The molecule has 2 saturated heterocycles. The molecule has 2 aliphatic heterocycles. The lowest BCUT2D eigenvalue weighted by Gasteiger charge is -2.41. The van der Waals surface area contributed by atoms with Gasteiger partial charge in [-0.05, 0) is 175 Å². The average Bonchev–Trinajstić information content (AvgIpc) is 3.38. The van der Waals surface area contributed by atoms with E-state index in [2.05, 4.69) is 28.7 Å². The first-order chi connectivity index (χ1) is 36.0. The average molecular weight is 1130 g/mol. The normalized spacial score (nSPS) is 21.9. The molecule has 8 rings (SSSR count). The van der Waals surface area contributed by atoms with Crippen molar-refractivity contribution in [3.63, 3.8) is 0 Å². The molecule has 0 spiro atoms. The first-order valence-corrected chi connectivity index (χ1v) is 28.2. The number of likely N-dealkylation sites (tertiary alicyclic amines) is 2. The number of benzene rings is 4. The van der Waals surface area contributed by atoms with Crippen LogP contribution in [-0.2, 0) is 20.0 Å². The van der Waals surface area contributed by atoms with Gasteiger partial charge < -0.3 is 28.7 Å². The van der Waals surface area contributed by atoms with Gasteiger partial charge in [0.25, 0.3) is 0 Å². The number of nitrogens with one attached hydrogen (secondary N) is 2. The van der Waals surface area contributed by atoms with Crippen LogP contribution in [0, 0.1) is 0 Å². The van der Waals surface area contributed by atoms with E-state index in [0.717, 1.165) is 94.7 Å². The molecule has 24 heteroatoms. The van der Waals surface area contributed by atoms with Crippen molar-refractivity contribution in [2.75, 3.05) is 39.4 Å². The Bertz CT molecular complexity index is 2670. The largest absolute Gasteiger partial charge is 0.484 e. The monoisotopic (exact) mass is 1120 g/mol. The van der Waals surface area contributed by atoms with E-state index in [0.29, 0.717) is 37.8 Å². The van der Waals surface area contributed by atoms with Crippen molar-refractivity contribution >= 4 is 20.0 Å². The highest BCUT2D eigenvalue weighted by atomic mass is 32.2. The third-order valence-electron chi connectivity index (χ3n) is 14.3. The molecule has 12 nitrogen and oxygen atoms in total. The summed E-state index contributed by atoms with van der Waals surface area (Å²) in [6, 6.07) is 23.9. The van der Waals surface area contributed by atoms with Crippen molar-refractivity contribution in [2.45, 2.75) is 148 Å². The van der Waals surface area contributed by atoms with Crippen LogP contribution in [0.25, 0.3) is 0 Å². The number of halogens is 10. The van der Waals surface area contributed by atoms with E-state index >= 15 is 0 Å². The van der Waals surface area contributed by atoms with Crippen molar-refractivity contribution in [1.29, 1.82) is 0 Å². The highest BCUT2D eigenvalue weighted by Gasteiger charge is 2.36. The number of hydrogen-bond donors (Lipinski definition) is 2. The van der Waals surface area contributed by atoms with Gasteiger partial charge in [0.05, 0.1) is 9.79 Å². The second-order valence-electron chi connectivity index (χ2n) is 19.5. The highest BCUT2D eigenvalue weighted by Crippen LogP contribution is 2.39. The van der Waals surface area contributed by atoms with Gasteiger partial charge in [0, 0.05) is 30.2 Å². The van der Waals surface area contributed by atoms with Crippen LogP contribution in [0.4, 0.5) is 43.9 Å². The van der Waals surface area contributed by atoms with Crippen molar-refractivity contribution in [3.8, 4) is 23.0 Å². The van der Waals surface area contributed by atoms with Crippen LogP contribution in [0.3, 0.4) is 0 Å². The molecule has 0 radical (unpaired) electrons. The summed E-state index contributed by atoms with van der Waals surface area (Å²) in [5, 5.41) is 0. The summed E-state index contributed by atoms with van der Waals surface area (Å²) in [7, 11) is -7.68. The molecule has 0 aromatic heterocycles. The van der Waals surface area contributed by atoms with Gasteiger partial charge in [0.2, 0.25) is 20.0 Å². The topological polar surface area (TPSA) is 136 Å². The predicted octanol–water partition coefficient (Wildman–Crippen LogP) is 11.4. The van der Waals surface area contributed by atoms with Crippen LogP contribution in [0.1, 0.15) is 100 Å². The maximum absolute atomic E-state index is 12.8. The van der Waals surface area contributed by atoms with Crippen molar-refractivity contribution < 1.29 is 79.7 Å². The number of piperidine rings is 2. The Balaban J connectivity index is 0.000000221. The van der Waals surface area contributed by atoms with E-state index in [1.54, 1.807) is 24.3 Å². The lowest BCUT2D eigenvalue weighted by Crippen LogP contribution is -2.46. The van der Waals surface area contributed by atoms with Gasteiger partial charge >= 0.3 is 25.6 Å². The zero-order chi connectivity index (χ0) is 54.7. The fraction of sp³-hybridized carbons (Fsp3) is 0.538. The van der Waals surface area contributed by atoms with Crippen molar-refractivity contribution in [2.24, 2.45) is 0 Å². The van der Waals surface area contributed by atoms with Crippen LogP contribution in [0.5, 0.6) is 23.0 Å². The molecule has 2 aliphatic carbocycles. The van der Waals surface area contributed by atoms with E-state index in [1.807, 2.05) is 24.3 Å². The lowest BCUT2D eigenvalue weighted by atomic mass is 9.85. The number of alkyl halides is 10. The zero-order valence-corrected chi connectivity index (χ0v) is 43.0. The Labute approximate surface area is 436 Å². The molecular weight excluding hydrogens is 1060 g/mol. The van der Waals surface area contributed by atoms with Gasteiger partial charge in [-0.1, -0.05) is 42.5 Å². The molecule has 0 amide bonds. The summed E-state index contributed by atoms with van der Waals surface area (Å²) in [6.07, 6.45) is 0.325. The molecule has 4 aliphatic rings. The quantitative estimate of drug-likeness (QED) is 0.0927. The second kappa shape index (κ2) is 26.2. The molecule has 4 aromatic carbocycles. The number of nitrogens with zero attached hydrogens (tertiary/aromatic N) is 2. The van der Waals surface area contributed by atoms with Gasteiger partial charge in [-0.3, -0.25) is 0 Å². The number of para-hydroxylation sites is 2. The fourth-order valence-corrected chi connectivity index (χ4v) is 13.3. The molecule has 2 saturated carbocycles. The molecule has 0 bridgehead atoms. The molecule has 76 heavy (non-hydrogen) atoms. The molecule has 4 aromatic rings. The van der Waals surface area contributed by atoms with Crippen molar-refractivity contribution in [1.82, 2.24) is 19.2 Å². The van der Waals surface area contributed by atoms with E-state index in [-0.39, 0.29) is 56.7 Å². The summed E-state index contributed by atoms with van der Waals surface area (Å²) in [5.74, 6) is 0.472. The minimum Gasteiger partial charge on any atom is -0.484 e. The maximum Gasteiger partial charge on any atom is 0.422 e. The van der Waals surface area contributed by atoms with Gasteiger partial charge in [0.15, 0.2) is 13.2 Å². The summed E-state index contributed by atoms with van der Waals surface area (Å²) >= 11 is 0. The van der Waals surface area contributed by atoms with Crippen LogP contribution < -0.4 is 28.4 Å². The number of rotatable bonds is 18. The SMILES string of the molecule is O=S(=O)(NC1CCC(N2CCC(c3ccccc3OCC(F)(F)F)CC2)CC1)c1ccc(OC(F)F)cc1.O=S(=O)(NC1CCC(N2CCC(c3ccccc3OCC(F)(F)F)CC2)CC1)c1cccc(OC(F)F)c1. The highest BCUT2D eigenvalue weighted by molar-refractivity contribution is 7.89. The minimum atomic E-state index is -4.39. The first kappa shape index (κ1) is 58.8. The zero-order valence-electron chi connectivity index (χ0n) is 41.3. The standard InChI is InChI=1S/2C26H31F5N2O4S/c27-25(28)37-21-4-3-5-22(16-21)38(34,35)32-19-8-10-20(11-9-19)33-14-12-18(13-15-33)23-6-1-2-7-24(23)36-17-26(29,30)31;27-25(28)37-21-9-11-22(12-10-21)38(34,35)32-19-5-7-20(8-6-19)33-15-13-18(14-16-33)23-3-1-2-4-24(23)36-17-26(29,30)31/h1-7,16,18-20,25,32H,8-15,17H2;1-4,9-12,18-20,25,32H,5-8,13-17H2. The Kier molecular flexibility index (Phi) is 20.3. The minimum absolute atomic E-state index is 0.0113. The van der Waals surface area contributed by atoms with Gasteiger partial charge in [-0.15, -0.1) is 0 Å². The third kappa shape index (κ3) is 17.6. The van der Waals surface area contributed by atoms with Gasteiger partial charge in [-0.2, -0.15) is 43.9 Å². The van der Waals surface area contributed by atoms with Crippen molar-refractivity contribution in [3.05, 3.63) is 108 Å². The summed E-state index contributed by atoms with van der Waals surface area (Å²) in [5.41, 5.74) is 1.61. The van der Waals surface area contributed by atoms with E-state index in [1.165, 1.54) is 42.5 Å². The van der Waals surface area contributed by atoms with Crippen LogP contribution in [-0.4, -0.2) is 116 Å². The molecule has 0 unspecified atom stereocenters. The Morgan fingerprint density at radius 3 is 1.28 bits per heavy atom. The van der Waals surface area contributed by atoms with Crippen LogP contribution in [0.2, 0.25) is 0 Å². The van der Waals surface area contributed by atoms with E-state index in [4.69, 9.17) is 9.47 Å². The maximum atomic E-state index is 12.8. The summed E-state index contributed by atoms with van der Waals surface area (Å²) in [4.78, 5) is 4.63. The fourth-order valence-electron chi connectivity index (χ4n) is 10.7. The van der Waals surface area contributed by atoms with Gasteiger partial charge in [-0.25, -0.2) is 26.3 Å². The second-order valence-corrected chi connectivity index (χ2v) is 22.9. The number of hydrogen-bond acceptors (Lipinski definition) is 10. The third-order valence-corrected chi connectivity index (χ3v) is 17.4. The molecule has 420 valence electrons. The van der Waals surface area contributed by atoms with Gasteiger partial charge in [0.1, 0.15) is 23.0 Å². The molecule has 2 heterocycles. The van der Waals surface area contributed by atoms with E-state index in [9.17, 15) is 60.7 Å².